The van der Waals surface area contributed by atoms with E-state index in [2.05, 4.69) is 40.4 Å². The Morgan fingerprint density at radius 3 is 2.33 bits per heavy atom. The van der Waals surface area contributed by atoms with Crippen LogP contribution >= 0.6 is 0 Å². The molecule has 0 radical (unpaired) electrons. The van der Waals surface area contributed by atoms with Crippen molar-refractivity contribution < 1.29 is 9.53 Å². The summed E-state index contributed by atoms with van der Waals surface area (Å²) in [6, 6.07) is 0. The molecule has 1 atom stereocenters. The van der Waals surface area contributed by atoms with Crippen molar-refractivity contribution in [3.05, 3.63) is 12.7 Å². The largest absolute Gasteiger partial charge is 0.414 e. The van der Waals surface area contributed by atoms with E-state index in [-0.39, 0.29) is 11.1 Å². The topological polar surface area (TPSA) is 29.5 Å². The van der Waals surface area contributed by atoms with Gasteiger partial charge in [0.15, 0.2) is 8.32 Å². The highest BCUT2D eigenvalue weighted by Gasteiger charge is 2.37. The average molecular weight is 230 g/mol. The molecule has 0 saturated heterocycles. The quantitative estimate of drug-likeness (QED) is 0.560. The van der Waals surface area contributed by atoms with E-state index in [4.69, 9.17) is 4.43 Å². The highest BCUT2D eigenvalue weighted by atomic mass is 28.4. The van der Waals surface area contributed by atoms with Crippen LogP contribution in [0.2, 0.25) is 18.1 Å². The maximum absolute atomic E-state index is 9.66. The zero-order valence-corrected chi connectivity index (χ0v) is 11.8. The fourth-order valence-electron chi connectivity index (χ4n) is 0.915. The first kappa shape index (κ1) is 14.9. The van der Waals surface area contributed by atoms with Gasteiger partial charge < -0.3 is 9.53 Å². The maximum atomic E-state index is 9.66. The van der Waals surface area contributed by atoms with E-state index in [1.807, 2.05) is 6.08 Å². The van der Waals surface area contributed by atoms with Crippen molar-refractivity contribution in [3.8, 4) is 0 Å². The maximum Gasteiger partial charge on any atom is 0.192 e. The summed E-state index contributed by atoms with van der Waals surface area (Å²) in [6.07, 6.45) is 3.08. The monoisotopic (exact) mass is 230 g/mol. The summed E-state index contributed by atoms with van der Waals surface area (Å²) in [6.45, 7) is 15.1. The Kier molecular flexibility index (Phi) is 5.78. The summed E-state index contributed by atoms with van der Waals surface area (Å²) in [5.74, 6) is 0. The van der Waals surface area contributed by atoms with E-state index in [1.165, 1.54) is 0 Å². The van der Waals surface area contributed by atoms with Crippen LogP contribution in [0.15, 0.2) is 12.7 Å². The molecule has 0 amide bonds. The molecule has 0 rings (SSSR count). The van der Waals surface area contributed by atoms with Gasteiger partial charge in [0.25, 0.3) is 0 Å². The summed E-state index contributed by atoms with van der Waals surface area (Å²) < 4.78 is 5.91. The van der Waals surface area contributed by atoms with E-state index in [0.717, 1.165) is 12.8 Å². The van der Waals surface area contributed by atoms with Gasteiger partial charge in [0.1, 0.15) is 0 Å². The minimum atomic E-state index is -1.69. The van der Waals surface area contributed by atoms with Gasteiger partial charge in [-0.05, 0) is 31.0 Å². The lowest BCUT2D eigenvalue weighted by atomic mass is 10.2. The van der Waals surface area contributed by atoms with E-state index in [0.29, 0.717) is 6.61 Å². The second kappa shape index (κ2) is 5.82. The molecule has 0 aliphatic carbocycles. The van der Waals surface area contributed by atoms with Crippen molar-refractivity contribution >= 4 is 8.32 Å². The zero-order chi connectivity index (χ0) is 12.1. The van der Waals surface area contributed by atoms with Crippen molar-refractivity contribution in [2.24, 2.45) is 0 Å². The molecular weight excluding hydrogens is 204 g/mol. The van der Waals surface area contributed by atoms with Gasteiger partial charge in [0.2, 0.25) is 0 Å². The van der Waals surface area contributed by atoms with E-state index >= 15 is 0 Å². The Morgan fingerprint density at radius 2 is 1.93 bits per heavy atom. The molecule has 0 aromatic rings. The first-order chi connectivity index (χ1) is 6.70. The van der Waals surface area contributed by atoms with Crippen molar-refractivity contribution in [2.45, 2.75) is 57.8 Å². The minimum Gasteiger partial charge on any atom is -0.414 e. The normalized spacial score (nSPS) is 15.1. The second-order valence-corrected chi connectivity index (χ2v) is 10.4. The van der Waals surface area contributed by atoms with E-state index in [9.17, 15) is 5.11 Å². The summed E-state index contributed by atoms with van der Waals surface area (Å²) in [7, 11) is -1.69. The van der Waals surface area contributed by atoms with Crippen LogP contribution in [0.1, 0.15) is 33.6 Å². The third-order valence-corrected chi connectivity index (χ3v) is 7.65. The second-order valence-electron chi connectivity index (χ2n) is 5.59. The first-order valence-electron chi connectivity index (χ1n) is 5.63. The molecule has 2 nitrogen and oxygen atoms in total. The molecule has 0 unspecified atom stereocenters. The molecule has 15 heavy (non-hydrogen) atoms. The molecule has 0 heterocycles. The molecule has 3 heteroatoms. The van der Waals surface area contributed by atoms with Gasteiger partial charge in [0.05, 0.1) is 12.7 Å². The van der Waals surface area contributed by atoms with Gasteiger partial charge in [-0.3, -0.25) is 0 Å². The lowest BCUT2D eigenvalue weighted by molar-refractivity contribution is 0.0937. The number of rotatable bonds is 6. The van der Waals surface area contributed by atoms with Crippen molar-refractivity contribution in [1.29, 1.82) is 0 Å². The van der Waals surface area contributed by atoms with Crippen molar-refractivity contribution in [1.82, 2.24) is 0 Å². The predicted octanol–water partition coefficient (Wildman–Crippen LogP) is 3.34. The van der Waals surface area contributed by atoms with Gasteiger partial charge in [-0.15, -0.1) is 6.58 Å². The van der Waals surface area contributed by atoms with Gasteiger partial charge in [0, 0.05) is 0 Å². The Labute approximate surface area is 95.5 Å². The molecular formula is C12H26O2Si. The van der Waals surface area contributed by atoms with Crippen LogP contribution in [0.25, 0.3) is 0 Å². The number of hydrogen-bond donors (Lipinski definition) is 1. The lowest BCUT2D eigenvalue weighted by Crippen LogP contribution is -2.42. The van der Waals surface area contributed by atoms with Gasteiger partial charge in [-0.1, -0.05) is 26.8 Å². The molecule has 0 aromatic carbocycles. The molecule has 1 N–H and O–H groups in total. The molecule has 0 spiro atoms. The van der Waals surface area contributed by atoms with Gasteiger partial charge in [-0.25, -0.2) is 0 Å². The molecule has 0 saturated carbocycles. The smallest absolute Gasteiger partial charge is 0.192 e. The predicted molar refractivity (Wildman–Crippen MR) is 68.6 cm³/mol. The van der Waals surface area contributed by atoms with Gasteiger partial charge >= 0.3 is 0 Å². The van der Waals surface area contributed by atoms with Crippen LogP contribution in [0.3, 0.4) is 0 Å². The van der Waals surface area contributed by atoms with E-state index < -0.39 is 8.32 Å². The molecule has 0 aliphatic rings. The third kappa shape index (κ3) is 5.49. The van der Waals surface area contributed by atoms with Crippen LogP contribution in [0, 0.1) is 0 Å². The highest BCUT2D eigenvalue weighted by molar-refractivity contribution is 6.74. The summed E-state index contributed by atoms with van der Waals surface area (Å²) in [4.78, 5) is 0. The number of aliphatic hydroxyl groups excluding tert-OH is 1. The number of allylic oxidation sites excluding steroid dienone is 1. The molecule has 0 aliphatic heterocycles. The summed E-state index contributed by atoms with van der Waals surface area (Å²) in [5.41, 5.74) is 0. The van der Waals surface area contributed by atoms with Crippen molar-refractivity contribution in [2.75, 3.05) is 6.61 Å². The lowest BCUT2D eigenvalue weighted by Gasteiger charge is -2.36. The molecule has 0 aromatic heterocycles. The summed E-state index contributed by atoms with van der Waals surface area (Å²) in [5, 5.41) is 9.87. The van der Waals surface area contributed by atoms with Crippen LogP contribution in [-0.2, 0) is 4.43 Å². The Morgan fingerprint density at radius 1 is 1.40 bits per heavy atom. The fraction of sp³-hybridized carbons (Fsp3) is 0.833. The molecule has 0 fully saturated rings. The van der Waals surface area contributed by atoms with Gasteiger partial charge in [-0.2, -0.15) is 0 Å². The van der Waals surface area contributed by atoms with Crippen LogP contribution in [0.4, 0.5) is 0 Å². The highest BCUT2D eigenvalue weighted by Crippen LogP contribution is 2.36. The Balaban J connectivity index is 3.98. The minimum absolute atomic E-state index is 0.213. The SMILES string of the molecule is C=CCC[C@@H](O)CO[Si](C)(C)C(C)(C)C. The van der Waals surface area contributed by atoms with Crippen LogP contribution < -0.4 is 0 Å². The number of hydrogen-bond acceptors (Lipinski definition) is 2. The average Bonchev–Trinajstić information content (AvgIpc) is 2.09. The Hall–Kier alpha value is -0.123. The molecule has 0 bridgehead atoms. The summed E-state index contributed by atoms with van der Waals surface area (Å²) >= 11 is 0. The standard InChI is InChI=1S/C12H26O2Si/c1-7-8-9-11(13)10-14-15(5,6)12(2,3)4/h7,11,13H,1,8-10H2,2-6H3/t11-/m1/s1. The Bertz CT molecular complexity index is 194. The van der Waals surface area contributed by atoms with E-state index in [1.54, 1.807) is 0 Å². The zero-order valence-electron chi connectivity index (χ0n) is 10.8. The van der Waals surface area contributed by atoms with Crippen LogP contribution in [0.5, 0.6) is 0 Å². The number of aliphatic hydroxyl groups is 1. The van der Waals surface area contributed by atoms with Crippen LogP contribution in [-0.4, -0.2) is 26.1 Å². The molecule has 90 valence electrons. The fourth-order valence-corrected chi connectivity index (χ4v) is 1.96. The third-order valence-electron chi connectivity index (χ3n) is 3.15. The van der Waals surface area contributed by atoms with Crippen molar-refractivity contribution in [3.63, 3.8) is 0 Å². The first-order valence-corrected chi connectivity index (χ1v) is 8.54.